The topological polar surface area (TPSA) is 30.7 Å². The third-order valence-corrected chi connectivity index (χ3v) is 4.16. The predicted molar refractivity (Wildman–Crippen MR) is 84.1 cm³/mol. The summed E-state index contributed by atoms with van der Waals surface area (Å²) in [6.45, 7) is 6.59. The van der Waals surface area contributed by atoms with Gasteiger partial charge in [0.1, 0.15) is 5.52 Å². The monoisotopic (exact) mass is 267 g/mol. The van der Waals surface area contributed by atoms with Crippen molar-refractivity contribution in [3.63, 3.8) is 0 Å². The van der Waals surface area contributed by atoms with Crippen molar-refractivity contribution in [2.24, 2.45) is 7.05 Å². The van der Waals surface area contributed by atoms with Gasteiger partial charge in [-0.2, -0.15) is 0 Å². The van der Waals surface area contributed by atoms with Crippen LogP contribution in [0.2, 0.25) is 0 Å². The molecule has 0 atom stereocenters. The second-order valence-corrected chi connectivity index (χ2v) is 5.27. The third kappa shape index (κ3) is 1.73. The second-order valence-electron chi connectivity index (χ2n) is 5.27. The van der Waals surface area contributed by atoms with E-state index in [1.807, 2.05) is 6.33 Å². The maximum Gasteiger partial charge on any atom is 0.111 e. The maximum atomic E-state index is 4.84. The van der Waals surface area contributed by atoms with Crippen LogP contribution in [0, 0.1) is 0 Å². The van der Waals surface area contributed by atoms with Crippen molar-refractivity contribution in [2.75, 3.05) is 0 Å². The highest BCUT2D eigenvalue weighted by atomic mass is 15.0. The molecule has 0 bridgehead atoms. The minimum absolute atomic E-state index is 0.917. The van der Waals surface area contributed by atoms with Gasteiger partial charge in [0.15, 0.2) is 0 Å². The van der Waals surface area contributed by atoms with Gasteiger partial charge in [0, 0.05) is 12.4 Å². The lowest BCUT2D eigenvalue weighted by Crippen LogP contribution is -1.99. The Morgan fingerprint density at radius 1 is 1.05 bits per heavy atom. The van der Waals surface area contributed by atoms with E-state index in [1.165, 1.54) is 22.0 Å². The zero-order valence-corrected chi connectivity index (χ0v) is 12.7. The number of aryl methyl sites for hydroxylation is 4. The molecule has 0 aliphatic rings. The molecule has 0 saturated carbocycles. The highest BCUT2D eigenvalue weighted by molar-refractivity contribution is 6.05. The Morgan fingerprint density at radius 3 is 2.50 bits per heavy atom. The molecule has 3 rings (SSSR count). The number of imidazole rings is 1. The Morgan fingerprint density at radius 2 is 1.85 bits per heavy atom. The van der Waals surface area contributed by atoms with Crippen LogP contribution >= 0.6 is 0 Å². The van der Waals surface area contributed by atoms with Crippen molar-refractivity contribution in [1.82, 2.24) is 14.5 Å². The van der Waals surface area contributed by atoms with Crippen molar-refractivity contribution in [2.45, 2.75) is 40.0 Å². The summed E-state index contributed by atoms with van der Waals surface area (Å²) >= 11 is 0. The molecule has 2 heterocycles. The van der Waals surface area contributed by atoms with Gasteiger partial charge in [-0.15, -0.1) is 0 Å². The Kier molecular flexibility index (Phi) is 3.20. The van der Waals surface area contributed by atoms with Gasteiger partial charge in [0.05, 0.1) is 23.1 Å². The summed E-state index contributed by atoms with van der Waals surface area (Å²) < 4.78 is 2.14. The zero-order valence-electron chi connectivity index (χ0n) is 12.7. The SMILES string of the molecule is CCc1ccc2nc(CC)c3ncn(C)c3c2c1CC. The van der Waals surface area contributed by atoms with Crippen LogP contribution in [0.25, 0.3) is 21.9 Å². The summed E-state index contributed by atoms with van der Waals surface area (Å²) in [4.78, 5) is 9.41. The number of hydrogen-bond acceptors (Lipinski definition) is 2. The van der Waals surface area contributed by atoms with Crippen LogP contribution in [0.15, 0.2) is 18.5 Å². The number of benzene rings is 1. The van der Waals surface area contributed by atoms with E-state index in [4.69, 9.17) is 4.98 Å². The van der Waals surface area contributed by atoms with Crippen LogP contribution in [0.1, 0.15) is 37.6 Å². The summed E-state index contributed by atoms with van der Waals surface area (Å²) in [5.74, 6) is 0. The molecule has 2 aromatic heterocycles. The maximum absolute atomic E-state index is 4.84. The van der Waals surface area contributed by atoms with Gasteiger partial charge in [-0.3, -0.25) is 4.98 Å². The highest BCUT2D eigenvalue weighted by Gasteiger charge is 2.15. The molecule has 0 saturated heterocycles. The standard InChI is InChI=1S/C17H21N3/c1-5-11-8-9-14-15(12(11)6-2)17-16(13(7-3)19-14)18-10-20(17)4/h8-10H,5-7H2,1-4H3. The first-order valence-electron chi connectivity index (χ1n) is 7.45. The molecule has 0 spiro atoms. The first-order chi connectivity index (χ1) is 9.71. The van der Waals surface area contributed by atoms with Crippen LogP contribution in [0.3, 0.4) is 0 Å². The average Bonchev–Trinajstić information content (AvgIpc) is 2.87. The average molecular weight is 267 g/mol. The molecular formula is C17H21N3. The van der Waals surface area contributed by atoms with Crippen LogP contribution in [0.5, 0.6) is 0 Å². The lowest BCUT2D eigenvalue weighted by Gasteiger charge is -2.13. The number of aromatic nitrogens is 3. The van der Waals surface area contributed by atoms with Gasteiger partial charge < -0.3 is 4.57 Å². The lowest BCUT2D eigenvalue weighted by atomic mass is 9.96. The fourth-order valence-corrected chi connectivity index (χ4v) is 3.15. The fourth-order valence-electron chi connectivity index (χ4n) is 3.15. The van der Waals surface area contributed by atoms with Crippen molar-refractivity contribution in [3.8, 4) is 0 Å². The molecule has 3 aromatic rings. The first-order valence-corrected chi connectivity index (χ1v) is 7.45. The Hall–Kier alpha value is -1.90. The second kappa shape index (κ2) is 4.89. The van der Waals surface area contributed by atoms with Crippen molar-refractivity contribution >= 4 is 21.9 Å². The minimum Gasteiger partial charge on any atom is -0.333 e. The van der Waals surface area contributed by atoms with E-state index in [9.17, 15) is 0 Å². The summed E-state index contributed by atoms with van der Waals surface area (Å²) in [6.07, 6.45) is 4.92. The van der Waals surface area contributed by atoms with Gasteiger partial charge >= 0.3 is 0 Å². The van der Waals surface area contributed by atoms with Gasteiger partial charge in [0.2, 0.25) is 0 Å². The van der Waals surface area contributed by atoms with E-state index in [2.05, 4.69) is 49.5 Å². The molecule has 0 amide bonds. The number of fused-ring (bicyclic) bond motifs is 3. The van der Waals surface area contributed by atoms with Crippen molar-refractivity contribution in [3.05, 3.63) is 35.3 Å². The quantitative estimate of drug-likeness (QED) is 0.722. The minimum atomic E-state index is 0.917. The Labute approximate surface area is 119 Å². The van der Waals surface area contributed by atoms with E-state index in [0.29, 0.717) is 0 Å². The number of nitrogens with zero attached hydrogens (tertiary/aromatic N) is 3. The molecule has 0 radical (unpaired) electrons. The summed E-state index contributed by atoms with van der Waals surface area (Å²) in [7, 11) is 2.08. The smallest absolute Gasteiger partial charge is 0.111 e. The molecule has 104 valence electrons. The van der Waals surface area contributed by atoms with E-state index in [-0.39, 0.29) is 0 Å². The fraction of sp³-hybridized carbons (Fsp3) is 0.412. The molecular weight excluding hydrogens is 246 g/mol. The van der Waals surface area contributed by atoms with Gasteiger partial charge in [-0.1, -0.05) is 26.8 Å². The van der Waals surface area contributed by atoms with E-state index < -0.39 is 0 Å². The summed E-state index contributed by atoms with van der Waals surface area (Å²) in [6, 6.07) is 4.40. The number of rotatable bonds is 3. The first kappa shape index (κ1) is 13.1. The van der Waals surface area contributed by atoms with Gasteiger partial charge in [0.25, 0.3) is 0 Å². The van der Waals surface area contributed by atoms with E-state index >= 15 is 0 Å². The number of pyridine rings is 1. The van der Waals surface area contributed by atoms with Crippen LogP contribution in [-0.4, -0.2) is 14.5 Å². The van der Waals surface area contributed by atoms with Gasteiger partial charge in [-0.05, 0) is 36.5 Å². The summed E-state index contributed by atoms with van der Waals surface area (Å²) in [5.41, 5.74) is 7.35. The Balaban J connectivity index is 2.57. The zero-order chi connectivity index (χ0) is 14.3. The molecule has 0 aliphatic heterocycles. The molecule has 0 aliphatic carbocycles. The number of hydrogen-bond donors (Lipinski definition) is 0. The van der Waals surface area contributed by atoms with Crippen molar-refractivity contribution in [1.29, 1.82) is 0 Å². The van der Waals surface area contributed by atoms with Crippen molar-refractivity contribution < 1.29 is 0 Å². The van der Waals surface area contributed by atoms with E-state index in [1.54, 1.807) is 0 Å². The summed E-state index contributed by atoms with van der Waals surface area (Å²) in [5, 5.41) is 1.29. The molecule has 0 fully saturated rings. The van der Waals surface area contributed by atoms with Crippen LogP contribution in [0.4, 0.5) is 0 Å². The Bertz CT molecular complexity index is 784. The molecule has 0 unspecified atom stereocenters. The lowest BCUT2D eigenvalue weighted by molar-refractivity contribution is 0.949. The van der Waals surface area contributed by atoms with E-state index in [0.717, 1.165) is 36.0 Å². The highest BCUT2D eigenvalue weighted by Crippen LogP contribution is 2.31. The molecule has 1 aromatic carbocycles. The molecule has 20 heavy (non-hydrogen) atoms. The van der Waals surface area contributed by atoms with Crippen LogP contribution < -0.4 is 0 Å². The molecule has 3 nitrogen and oxygen atoms in total. The molecule has 0 N–H and O–H groups in total. The van der Waals surface area contributed by atoms with Gasteiger partial charge in [-0.25, -0.2) is 4.98 Å². The third-order valence-electron chi connectivity index (χ3n) is 4.16. The molecule has 3 heteroatoms. The largest absolute Gasteiger partial charge is 0.333 e. The van der Waals surface area contributed by atoms with Crippen LogP contribution in [-0.2, 0) is 26.3 Å². The predicted octanol–water partition coefficient (Wildman–Crippen LogP) is 3.81. The normalized spacial score (nSPS) is 11.6.